The van der Waals surface area contributed by atoms with Gasteiger partial charge in [0.2, 0.25) is 10.0 Å². The topological polar surface area (TPSA) is 58.4 Å². The summed E-state index contributed by atoms with van der Waals surface area (Å²) in [7, 11) is -1.41. The minimum Gasteiger partial charge on any atom is -0.327 e. The number of aromatic nitrogens is 2. The number of sulfonamides is 1. The second-order valence-electron chi connectivity index (χ2n) is 8.19. The minimum atomic E-state index is -3.47. The van der Waals surface area contributed by atoms with Crippen LogP contribution < -0.4 is 0 Å². The monoisotopic (exact) mass is 460 g/mol. The van der Waals surface area contributed by atoms with Gasteiger partial charge in [0.15, 0.2) is 0 Å². The number of nitrogens with zero attached hydrogens (tertiary/aromatic N) is 4. The predicted octanol–water partition coefficient (Wildman–Crippen LogP) is 4.52. The second-order valence-corrected chi connectivity index (χ2v) is 10.6. The Labute approximate surface area is 189 Å². The molecular weight excluding hydrogens is 432 g/mol. The van der Waals surface area contributed by atoms with Gasteiger partial charge in [-0.05, 0) is 62.7 Å². The van der Waals surface area contributed by atoms with Crippen molar-refractivity contribution >= 4 is 32.7 Å². The Morgan fingerprint density at radius 1 is 1.03 bits per heavy atom. The van der Waals surface area contributed by atoms with Gasteiger partial charge in [-0.2, -0.15) is 4.31 Å². The zero-order valence-corrected chi connectivity index (χ0v) is 19.7. The number of piperidine rings is 1. The van der Waals surface area contributed by atoms with E-state index in [4.69, 9.17) is 16.6 Å². The van der Waals surface area contributed by atoms with Crippen molar-refractivity contribution in [3.8, 4) is 0 Å². The van der Waals surface area contributed by atoms with Crippen LogP contribution >= 0.6 is 11.6 Å². The van der Waals surface area contributed by atoms with E-state index in [9.17, 15) is 8.42 Å². The van der Waals surface area contributed by atoms with Crippen LogP contribution in [-0.4, -0.2) is 47.3 Å². The van der Waals surface area contributed by atoms with Gasteiger partial charge in [0.1, 0.15) is 5.82 Å². The Bertz CT molecular complexity index is 1150. The van der Waals surface area contributed by atoms with Gasteiger partial charge in [0.05, 0.1) is 22.5 Å². The third kappa shape index (κ3) is 4.80. The maximum absolute atomic E-state index is 13.1. The van der Waals surface area contributed by atoms with Crippen molar-refractivity contribution in [2.45, 2.75) is 50.7 Å². The number of benzene rings is 2. The second kappa shape index (κ2) is 9.28. The third-order valence-electron chi connectivity index (χ3n) is 5.84. The standard InChI is InChI=1S/C23H29ClN4O2S/c1-3-28-22-12-11-20(31(29,30)27-13-5-4-6-14-27)15-21(22)25-23(28)17-26(2)16-18-7-9-19(24)10-8-18/h7-12,15H,3-6,13-14,16-17H2,1-2H3. The Kier molecular flexibility index (Phi) is 6.67. The van der Waals surface area contributed by atoms with Gasteiger partial charge in [-0.15, -0.1) is 0 Å². The van der Waals surface area contributed by atoms with E-state index in [1.54, 1.807) is 16.4 Å². The SMILES string of the molecule is CCn1c(CN(C)Cc2ccc(Cl)cc2)nc2cc(S(=O)(=O)N3CCCCC3)ccc21. The van der Waals surface area contributed by atoms with Gasteiger partial charge in [-0.1, -0.05) is 30.2 Å². The van der Waals surface area contributed by atoms with Crippen LogP contribution in [0.2, 0.25) is 5.02 Å². The Morgan fingerprint density at radius 3 is 2.42 bits per heavy atom. The lowest BCUT2D eigenvalue weighted by Gasteiger charge is -2.25. The summed E-state index contributed by atoms with van der Waals surface area (Å²) in [5.41, 5.74) is 2.88. The van der Waals surface area contributed by atoms with Crippen molar-refractivity contribution in [1.29, 1.82) is 0 Å². The van der Waals surface area contributed by atoms with Crippen molar-refractivity contribution in [2.24, 2.45) is 0 Å². The van der Waals surface area contributed by atoms with Crippen LogP contribution in [0.4, 0.5) is 0 Å². The highest BCUT2D eigenvalue weighted by Crippen LogP contribution is 2.25. The molecule has 0 saturated carbocycles. The maximum atomic E-state index is 13.1. The molecule has 2 aromatic carbocycles. The molecule has 2 heterocycles. The summed E-state index contributed by atoms with van der Waals surface area (Å²) in [6.45, 7) is 5.51. The molecule has 0 radical (unpaired) electrons. The third-order valence-corrected chi connectivity index (χ3v) is 7.99. The average molecular weight is 461 g/mol. The van der Waals surface area contributed by atoms with Crippen molar-refractivity contribution in [1.82, 2.24) is 18.8 Å². The molecule has 31 heavy (non-hydrogen) atoms. The van der Waals surface area contributed by atoms with E-state index in [2.05, 4.69) is 23.4 Å². The lowest BCUT2D eigenvalue weighted by atomic mass is 10.2. The van der Waals surface area contributed by atoms with E-state index in [1.165, 1.54) is 5.56 Å². The molecule has 6 nitrogen and oxygen atoms in total. The average Bonchev–Trinajstić information content (AvgIpc) is 3.11. The first kappa shape index (κ1) is 22.3. The number of aryl methyl sites for hydroxylation is 1. The van der Waals surface area contributed by atoms with Crippen molar-refractivity contribution in [3.05, 3.63) is 58.9 Å². The quantitative estimate of drug-likeness (QED) is 0.520. The summed E-state index contributed by atoms with van der Waals surface area (Å²) in [4.78, 5) is 7.35. The predicted molar refractivity (Wildman–Crippen MR) is 125 cm³/mol. The zero-order chi connectivity index (χ0) is 22.0. The highest BCUT2D eigenvalue weighted by molar-refractivity contribution is 7.89. The Morgan fingerprint density at radius 2 is 1.74 bits per heavy atom. The summed E-state index contributed by atoms with van der Waals surface area (Å²) in [5, 5.41) is 0.731. The molecule has 3 aromatic rings. The van der Waals surface area contributed by atoms with Crippen LogP contribution in [0.15, 0.2) is 47.4 Å². The van der Waals surface area contributed by atoms with Gasteiger partial charge in [0, 0.05) is 31.2 Å². The zero-order valence-electron chi connectivity index (χ0n) is 18.1. The molecule has 0 aliphatic carbocycles. The summed E-state index contributed by atoms with van der Waals surface area (Å²) in [6, 6.07) is 13.2. The molecule has 0 atom stereocenters. The van der Waals surface area contributed by atoms with E-state index >= 15 is 0 Å². The molecule has 0 spiro atoms. The summed E-state index contributed by atoms with van der Waals surface area (Å²) in [5.74, 6) is 0.932. The number of fused-ring (bicyclic) bond motifs is 1. The van der Waals surface area contributed by atoms with Crippen LogP contribution in [0.3, 0.4) is 0 Å². The molecule has 0 amide bonds. The summed E-state index contributed by atoms with van der Waals surface area (Å²) < 4.78 is 29.9. The van der Waals surface area contributed by atoms with Crippen molar-refractivity contribution < 1.29 is 8.42 Å². The molecule has 166 valence electrons. The highest BCUT2D eigenvalue weighted by atomic mass is 35.5. The van der Waals surface area contributed by atoms with E-state index in [-0.39, 0.29) is 0 Å². The number of hydrogen-bond acceptors (Lipinski definition) is 4. The molecule has 8 heteroatoms. The Balaban J connectivity index is 1.58. The maximum Gasteiger partial charge on any atom is 0.243 e. The van der Waals surface area contributed by atoms with Crippen LogP contribution in [0, 0.1) is 0 Å². The van der Waals surface area contributed by atoms with Crippen LogP contribution in [0.25, 0.3) is 11.0 Å². The number of hydrogen-bond donors (Lipinski definition) is 0. The molecule has 1 aliphatic rings. The largest absolute Gasteiger partial charge is 0.327 e. The van der Waals surface area contributed by atoms with Crippen molar-refractivity contribution in [3.63, 3.8) is 0 Å². The van der Waals surface area contributed by atoms with Gasteiger partial charge in [-0.3, -0.25) is 4.90 Å². The van der Waals surface area contributed by atoms with Crippen LogP contribution in [-0.2, 0) is 29.7 Å². The van der Waals surface area contributed by atoms with Gasteiger partial charge < -0.3 is 4.57 Å². The molecule has 0 N–H and O–H groups in total. The van der Waals surface area contributed by atoms with Gasteiger partial charge in [-0.25, -0.2) is 13.4 Å². The van der Waals surface area contributed by atoms with E-state index in [0.717, 1.165) is 54.2 Å². The van der Waals surface area contributed by atoms with E-state index in [1.807, 2.05) is 30.3 Å². The fourth-order valence-corrected chi connectivity index (χ4v) is 5.91. The molecular formula is C23H29ClN4O2S. The molecule has 1 aromatic heterocycles. The fourth-order valence-electron chi connectivity index (χ4n) is 4.25. The summed E-state index contributed by atoms with van der Waals surface area (Å²) in [6.07, 6.45) is 2.95. The Hall–Kier alpha value is -1.93. The van der Waals surface area contributed by atoms with Gasteiger partial charge >= 0.3 is 0 Å². The summed E-state index contributed by atoms with van der Waals surface area (Å²) >= 11 is 5.98. The highest BCUT2D eigenvalue weighted by Gasteiger charge is 2.26. The van der Waals surface area contributed by atoms with Crippen LogP contribution in [0.5, 0.6) is 0 Å². The molecule has 1 saturated heterocycles. The number of halogens is 1. The van der Waals surface area contributed by atoms with E-state index in [0.29, 0.717) is 24.5 Å². The molecule has 0 unspecified atom stereocenters. The fraction of sp³-hybridized carbons (Fsp3) is 0.435. The minimum absolute atomic E-state index is 0.337. The normalized spacial score (nSPS) is 15.7. The lowest BCUT2D eigenvalue weighted by Crippen LogP contribution is -2.35. The van der Waals surface area contributed by atoms with E-state index < -0.39 is 10.0 Å². The molecule has 0 bridgehead atoms. The molecule has 4 rings (SSSR count). The van der Waals surface area contributed by atoms with Crippen molar-refractivity contribution in [2.75, 3.05) is 20.1 Å². The first-order valence-electron chi connectivity index (χ1n) is 10.8. The molecule has 1 aliphatic heterocycles. The van der Waals surface area contributed by atoms with Crippen LogP contribution in [0.1, 0.15) is 37.6 Å². The smallest absolute Gasteiger partial charge is 0.243 e. The van der Waals surface area contributed by atoms with Gasteiger partial charge in [0.25, 0.3) is 0 Å². The number of imidazole rings is 1. The first-order valence-corrected chi connectivity index (χ1v) is 12.6. The lowest BCUT2D eigenvalue weighted by molar-refractivity contribution is 0.306. The molecule has 1 fully saturated rings. The number of rotatable bonds is 7. The first-order chi connectivity index (χ1) is 14.9.